The third-order valence-electron chi connectivity index (χ3n) is 4.73. The first-order valence-corrected chi connectivity index (χ1v) is 9.75. The highest BCUT2D eigenvalue weighted by molar-refractivity contribution is 5.80. The summed E-state index contributed by atoms with van der Waals surface area (Å²) in [5, 5.41) is 0. The van der Waals surface area contributed by atoms with E-state index in [-0.39, 0.29) is 0 Å². The molecule has 0 aliphatic heterocycles. The minimum Gasteiger partial charge on any atom is -0.460 e. The first-order valence-electron chi connectivity index (χ1n) is 9.75. The molecule has 0 atom stereocenters. The van der Waals surface area contributed by atoms with E-state index in [2.05, 4.69) is 54.6 Å². The SMILES string of the molecule is c1ccc(COCCCc2cc(-c3ccccc3)c(-c3ccccc3)o2)cc1. The molecule has 2 heteroatoms. The van der Waals surface area contributed by atoms with Gasteiger partial charge in [-0.1, -0.05) is 91.0 Å². The van der Waals surface area contributed by atoms with Crippen LogP contribution in [0.4, 0.5) is 0 Å². The van der Waals surface area contributed by atoms with Crippen LogP contribution < -0.4 is 0 Å². The van der Waals surface area contributed by atoms with Crippen molar-refractivity contribution in [2.45, 2.75) is 19.4 Å². The smallest absolute Gasteiger partial charge is 0.142 e. The Balaban J connectivity index is 1.44. The normalized spacial score (nSPS) is 10.9. The molecule has 0 saturated heterocycles. The summed E-state index contributed by atoms with van der Waals surface area (Å²) < 4.78 is 12.1. The van der Waals surface area contributed by atoms with Crippen LogP contribution in [-0.4, -0.2) is 6.61 Å². The lowest BCUT2D eigenvalue weighted by molar-refractivity contribution is 0.118. The maximum atomic E-state index is 6.26. The van der Waals surface area contributed by atoms with Crippen molar-refractivity contribution in [1.29, 1.82) is 0 Å². The van der Waals surface area contributed by atoms with Gasteiger partial charge in [0.2, 0.25) is 0 Å². The molecule has 0 saturated carbocycles. The largest absolute Gasteiger partial charge is 0.460 e. The lowest BCUT2D eigenvalue weighted by atomic mass is 10.0. The van der Waals surface area contributed by atoms with Gasteiger partial charge in [0.15, 0.2) is 0 Å². The van der Waals surface area contributed by atoms with E-state index in [0.29, 0.717) is 6.61 Å². The van der Waals surface area contributed by atoms with E-state index in [1.807, 2.05) is 42.5 Å². The van der Waals surface area contributed by atoms with Gasteiger partial charge >= 0.3 is 0 Å². The lowest BCUT2D eigenvalue weighted by Crippen LogP contribution is -1.96. The summed E-state index contributed by atoms with van der Waals surface area (Å²) in [4.78, 5) is 0. The number of rotatable bonds is 8. The Morgan fingerprint density at radius 2 is 1.29 bits per heavy atom. The summed E-state index contributed by atoms with van der Waals surface area (Å²) in [5.41, 5.74) is 4.63. The molecule has 3 aromatic carbocycles. The molecule has 0 aliphatic carbocycles. The molecule has 2 nitrogen and oxygen atoms in total. The van der Waals surface area contributed by atoms with Crippen LogP contribution in [0.2, 0.25) is 0 Å². The second kappa shape index (κ2) is 9.20. The van der Waals surface area contributed by atoms with Crippen molar-refractivity contribution < 1.29 is 9.15 Å². The predicted octanol–water partition coefficient (Wildman–Crippen LogP) is 6.76. The molecular weight excluding hydrogens is 344 g/mol. The van der Waals surface area contributed by atoms with Gasteiger partial charge in [0, 0.05) is 24.2 Å². The monoisotopic (exact) mass is 368 g/mol. The number of furan rings is 1. The molecular formula is C26H24O2. The van der Waals surface area contributed by atoms with Gasteiger partial charge in [0.25, 0.3) is 0 Å². The fourth-order valence-corrected chi connectivity index (χ4v) is 3.31. The van der Waals surface area contributed by atoms with E-state index in [1.165, 1.54) is 11.1 Å². The molecule has 0 N–H and O–H groups in total. The van der Waals surface area contributed by atoms with Crippen molar-refractivity contribution >= 4 is 0 Å². The number of aryl methyl sites for hydroxylation is 1. The van der Waals surface area contributed by atoms with Crippen molar-refractivity contribution in [1.82, 2.24) is 0 Å². The zero-order valence-electron chi connectivity index (χ0n) is 15.9. The summed E-state index contributed by atoms with van der Waals surface area (Å²) in [6.07, 6.45) is 1.80. The molecule has 4 aromatic rings. The van der Waals surface area contributed by atoms with Crippen LogP contribution in [0.5, 0.6) is 0 Å². The number of hydrogen-bond acceptors (Lipinski definition) is 2. The van der Waals surface area contributed by atoms with Crippen molar-refractivity contribution in [2.24, 2.45) is 0 Å². The maximum absolute atomic E-state index is 6.26. The lowest BCUT2D eigenvalue weighted by Gasteiger charge is -2.03. The highest BCUT2D eigenvalue weighted by Crippen LogP contribution is 2.35. The van der Waals surface area contributed by atoms with Crippen molar-refractivity contribution in [3.63, 3.8) is 0 Å². The third-order valence-corrected chi connectivity index (χ3v) is 4.73. The van der Waals surface area contributed by atoms with Gasteiger partial charge in [0.05, 0.1) is 6.61 Å². The van der Waals surface area contributed by atoms with Gasteiger partial charge in [-0.25, -0.2) is 0 Å². The third kappa shape index (κ3) is 4.59. The van der Waals surface area contributed by atoms with Crippen LogP contribution in [0, 0.1) is 0 Å². The summed E-state index contributed by atoms with van der Waals surface area (Å²) >= 11 is 0. The summed E-state index contributed by atoms with van der Waals surface area (Å²) in [7, 11) is 0. The van der Waals surface area contributed by atoms with Gasteiger partial charge in [-0.3, -0.25) is 0 Å². The summed E-state index contributed by atoms with van der Waals surface area (Å²) in [6.45, 7) is 1.38. The van der Waals surface area contributed by atoms with Crippen LogP contribution in [-0.2, 0) is 17.8 Å². The highest BCUT2D eigenvalue weighted by Gasteiger charge is 2.14. The standard InChI is InChI=1S/C26H24O2/c1-4-11-21(12-5-1)20-27-18-10-17-24-19-25(22-13-6-2-7-14-22)26(28-24)23-15-8-3-9-16-23/h1-9,11-16,19H,10,17-18,20H2. The molecule has 1 heterocycles. The Kier molecular flexibility index (Phi) is 6.01. The molecule has 0 aliphatic rings. The van der Waals surface area contributed by atoms with E-state index in [1.54, 1.807) is 0 Å². The molecule has 28 heavy (non-hydrogen) atoms. The zero-order valence-corrected chi connectivity index (χ0v) is 15.9. The fourth-order valence-electron chi connectivity index (χ4n) is 3.31. The zero-order chi connectivity index (χ0) is 19.0. The molecule has 1 aromatic heterocycles. The van der Waals surface area contributed by atoms with Gasteiger partial charge in [0.1, 0.15) is 11.5 Å². The minimum absolute atomic E-state index is 0.656. The Morgan fingerprint density at radius 3 is 1.96 bits per heavy atom. The van der Waals surface area contributed by atoms with E-state index in [4.69, 9.17) is 9.15 Å². The van der Waals surface area contributed by atoms with Crippen LogP contribution in [0.3, 0.4) is 0 Å². The first kappa shape index (κ1) is 18.3. The Bertz CT molecular complexity index is 916. The molecule has 0 fully saturated rings. The average Bonchev–Trinajstić information content (AvgIpc) is 3.20. The first-order chi connectivity index (χ1) is 13.9. The average molecular weight is 368 g/mol. The molecule has 0 radical (unpaired) electrons. The fraction of sp³-hybridized carbons (Fsp3) is 0.154. The highest BCUT2D eigenvalue weighted by atomic mass is 16.5. The second-order valence-electron chi connectivity index (χ2n) is 6.83. The van der Waals surface area contributed by atoms with Crippen molar-refractivity contribution in [2.75, 3.05) is 6.61 Å². The Labute approximate surface area is 166 Å². The molecule has 0 bridgehead atoms. The van der Waals surface area contributed by atoms with E-state index < -0.39 is 0 Å². The second-order valence-corrected chi connectivity index (χ2v) is 6.83. The van der Waals surface area contributed by atoms with Gasteiger partial charge in [-0.15, -0.1) is 0 Å². The van der Waals surface area contributed by atoms with E-state index >= 15 is 0 Å². The Hall–Kier alpha value is -3.10. The number of ether oxygens (including phenoxy) is 1. The molecule has 0 amide bonds. The van der Waals surface area contributed by atoms with Crippen molar-refractivity contribution in [3.05, 3.63) is 108 Å². The molecule has 0 spiro atoms. The summed E-state index contributed by atoms with van der Waals surface area (Å²) in [5.74, 6) is 1.94. The Morgan fingerprint density at radius 1 is 0.679 bits per heavy atom. The molecule has 140 valence electrons. The van der Waals surface area contributed by atoms with E-state index in [0.717, 1.165) is 42.1 Å². The van der Waals surface area contributed by atoms with E-state index in [9.17, 15) is 0 Å². The molecule has 4 rings (SSSR count). The van der Waals surface area contributed by atoms with Crippen LogP contribution >= 0.6 is 0 Å². The van der Waals surface area contributed by atoms with Crippen LogP contribution in [0.15, 0.2) is 101 Å². The van der Waals surface area contributed by atoms with Gasteiger partial charge < -0.3 is 9.15 Å². The van der Waals surface area contributed by atoms with Crippen LogP contribution in [0.1, 0.15) is 17.7 Å². The number of benzene rings is 3. The number of hydrogen-bond donors (Lipinski definition) is 0. The predicted molar refractivity (Wildman–Crippen MR) is 114 cm³/mol. The van der Waals surface area contributed by atoms with Gasteiger partial charge in [-0.05, 0) is 23.6 Å². The van der Waals surface area contributed by atoms with Crippen molar-refractivity contribution in [3.8, 4) is 22.5 Å². The quantitative estimate of drug-likeness (QED) is 0.320. The summed E-state index contributed by atoms with van der Waals surface area (Å²) in [6, 6.07) is 33.2. The topological polar surface area (TPSA) is 22.4 Å². The van der Waals surface area contributed by atoms with Gasteiger partial charge in [-0.2, -0.15) is 0 Å². The molecule has 0 unspecified atom stereocenters. The van der Waals surface area contributed by atoms with Crippen LogP contribution in [0.25, 0.3) is 22.5 Å². The minimum atomic E-state index is 0.656. The maximum Gasteiger partial charge on any atom is 0.142 e.